The van der Waals surface area contributed by atoms with Crippen molar-refractivity contribution in [2.75, 3.05) is 12.4 Å². The maximum Gasteiger partial charge on any atom is 0.158 e. The first-order valence-electron chi connectivity index (χ1n) is 6.89. The highest BCUT2D eigenvalue weighted by atomic mass is 32.2. The molecule has 0 radical (unpaired) electrons. The lowest BCUT2D eigenvalue weighted by atomic mass is 9.87. The number of ether oxygens (including phenoxy) is 1. The van der Waals surface area contributed by atoms with Crippen molar-refractivity contribution < 1.29 is 13.2 Å². The van der Waals surface area contributed by atoms with E-state index in [2.05, 4.69) is 20.8 Å². The molecule has 1 aromatic carbocycles. The van der Waals surface area contributed by atoms with Crippen LogP contribution in [0, 0.1) is 0 Å². The summed E-state index contributed by atoms with van der Waals surface area (Å²) in [5.74, 6) is 0.749. The van der Waals surface area contributed by atoms with E-state index in [4.69, 9.17) is 4.74 Å². The predicted molar refractivity (Wildman–Crippen MR) is 84.2 cm³/mol. The Hall–Kier alpha value is -1.03. The van der Waals surface area contributed by atoms with Gasteiger partial charge in [-0.2, -0.15) is 0 Å². The number of hydrogen-bond acceptors (Lipinski definition) is 3. The Labute approximate surface area is 123 Å². The Morgan fingerprint density at radius 1 is 0.950 bits per heavy atom. The summed E-state index contributed by atoms with van der Waals surface area (Å²) in [6.45, 7) is 11.8. The third-order valence-corrected chi connectivity index (χ3v) is 5.84. The fourth-order valence-corrected chi connectivity index (χ4v) is 2.54. The molecule has 114 valence electrons. The van der Waals surface area contributed by atoms with Crippen LogP contribution in [-0.2, 0) is 15.3 Å². The normalized spacial score (nSPS) is 13.3. The second-order valence-electron chi connectivity index (χ2n) is 7.05. The molecule has 4 heteroatoms. The van der Waals surface area contributed by atoms with Crippen LogP contribution in [0.5, 0.6) is 5.75 Å². The first kappa shape index (κ1) is 17.0. The van der Waals surface area contributed by atoms with Crippen molar-refractivity contribution in [2.45, 2.75) is 51.7 Å². The van der Waals surface area contributed by atoms with Crippen LogP contribution >= 0.6 is 0 Å². The van der Waals surface area contributed by atoms with Gasteiger partial charge in [0.1, 0.15) is 12.4 Å². The zero-order valence-corrected chi connectivity index (χ0v) is 14.2. The molecule has 0 aromatic heterocycles. The van der Waals surface area contributed by atoms with Gasteiger partial charge in [0.15, 0.2) is 9.84 Å². The summed E-state index contributed by atoms with van der Waals surface area (Å²) in [4.78, 5) is 0. The summed E-state index contributed by atoms with van der Waals surface area (Å²) >= 11 is 0. The Kier molecular flexibility index (Phi) is 4.90. The van der Waals surface area contributed by atoms with Crippen molar-refractivity contribution in [3.8, 4) is 5.75 Å². The highest BCUT2D eigenvalue weighted by molar-refractivity contribution is 7.92. The summed E-state index contributed by atoms with van der Waals surface area (Å²) in [5, 5.41) is 0. The van der Waals surface area contributed by atoms with Crippen molar-refractivity contribution >= 4 is 9.84 Å². The lowest BCUT2D eigenvalue weighted by molar-refractivity contribution is 0.339. The molecule has 1 rings (SSSR count). The second-order valence-corrected chi connectivity index (χ2v) is 9.92. The number of benzene rings is 1. The van der Waals surface area contributed by atoms with E-state index in [0.29, 0.717) is 5.75 Å². The van der Waals surface area contributed by atoms with Gasteiger partial charge >= 0.3 is 0 Å². The zero-order valence-electron chi connectivity index (χ0n) is 13.4. The Bertz CT molecular complexity index is 529. The molecular weight excluding hydrogens is 272 g/mol. The van der Waals surface area contributed by atoms with E-state index in [1.165, 1.54) is 5.56 Å². The molecule has 0 aliphatic carbocycles. The number of rotatable bonds is 4. The largest absolute Gasteiger partial charge is 0.493 e. The van der Waals surface area contributed by atoms with Crippen molar-refractivity contribution in [2.24, 2.45) is 0 Å². The summed E-state index contributed by atoms with van der Waals surface area (Å²) in [6.07, 6.45) is 0. The van der Waals surface area contributed by atoms with E-state index in [1.807, 2.05) is 24.3 Å². The van der Waals surface area contributed by atoms with Crippen LogP contribution in [0.4, 0.5) is 0 Å². The van der Waals surface area contributed by atoms with Crippen LogP contribution in [-0.4, -0.2) is 25.5 Å². The van der Waals surface area contributed by atoms with Gasteiger partial charge in [0.25, 0.3) is 0 Å². The molecule has 0 aliphatic rings. The van der Waals surface area contributed by atoms with Gasteiger partial charge in [-0.25, -0.2) is 8.42 Å². The Balaban J connectivity index is 2.60. The third-order valence-electron chi connectivity index (χ3n) is 3.27. The van der Waals surface area contributed by atoms with Gasteiger partial charge in [-0.3, -0.25) is 0 Å². The zero-order chi connectivity index (χ0) is 15.6. The van der Waals surface area contributed by atoms with Crippen LogP contribution in [0.1, 0.15) is 47.1 Å². The quantitative estimate of drug-likeness (QED) is 0.853. The minimum atomic E-state index is -3.12. The third kappa shape index (κ3) is 4.51. The van der Waals surface area contributed by atoms with E-state index in [0.717, 1.165) is 0 Å². The summed E-state index contributed by atoms with van der Waals surface area (Å²) in [6, 6.07) is 7.83. The van der Waals surface area contributed by atoms with Crippen molar-refractivity contribution in [3.05, 3.63) is 29.8 Å². The summed E-state index contributed by atoms with van der Waals surface area (Å²) < 4.78 is 28.7. The molecule has 1 aromatic rings. The van der Waals surface area contributed by atoms with Crippen molar-refractivity contribution in [1.29, 1.82) is 0 Å². The van der Waals surface area contributed by atoms with Crippen LogP contribution in [0.15, 0.2) is 24.3 Å². The van der Waals surface area contributed by atoms with Gasteiger partial charge in [-0.15, -0.1) is 0 Å². The van der Waals surface area contributed by atoms with Crippen LogP contribution in [0.2, 0.25) is 0 Å². The monoisotopic (exact) mass is 298 g/mol. The molecule has 0 N–H and O–H groups in total. The summed E-state index contributed by atoms with van der Waals surface area (Å²) in [5.41, 5.74) is 1.33. The molecule has 3 nitrogen and oxygen atoms in total. The fraction of sp³-hybridized carbons (Fsp3) is 0.625. The molecule has 0 fully saturated rings. The van der Waals surface area contributed by atoms with E-state index in [9.17, 15) is 8.42 Å². The number of sulfone groups is 1. The van der Waals surface area contributed by atoms with Gasteiger partial charge < -0.3 is 4.74 Å². The molecule has 0 aliphatic heterocycles. The standard InChI is InChI=1S/C16H26O3S/c1-15(2,3)13-7-9-14(10-8-13)19-11-12-20(17,18)16(4,5)6/h7-10H,11-12H2,1-6H3. The van der Waals surface area contributed by atoms with E-state index < -0.39 is 14.6 Å². The molecule has 0 saturated heterocycles. The van der Waals surface area contributed by atoms with Crippen LogP contribution < -0.4 is 4.74 Å². The Morgan fingerprint density at radius 3 is 1.85 bits per heavy atom. The topological polar surface area (TPSA) is 43.4 Å². The molecular formula is C16H26O3S. The smallest absolute Gasteiger partial charge is 0.158 e. The molecule has 0 bridgehead atoms. The summed E-state index contributed by atoms with van der Waals surface area (Å²) in [7, 11) is -3.12. The molecule has 0 spiro atoms. The minimum absolute atomic E-state index is 0.0392. The minimum Gasteiger partial charge on any atom is -0.493 e. The molecule has 0 unspecified atom stereocenters. The maximum atomic E-state index is 11.9. The lowest BCUT2D eigenvalue weighted by Crippen LogP contribution is -2.32. The van der Waals surface area contributed by atoms with Gasteiger partial charge in [0, 0.05) is 0 Å². The van der Waals surface area contributed by atoms with Crippen LogP contribution in [0.3, 0.4) is 0 Å². The van der Waals surface area contributed by atoms with Crippen molar-refractivity contribution in [1.82, 2.24) is 0 Å². The maximum absolute atomic E-state index is 11.9. The first-order valence-corrected chi connectivity index (χ1v) is 8.54. The average molecular weight is 298 g/mol. The fourth-order valence-electron chi connectivity index (χ4n) is 1.63. The highest BCUT2D eigenvalue weighted by Crippen LogP contribution is 2.24. The number of hydrogen-bond donors (Lipinski definition) is 0. The molecule has 0 saturated carbocycles. The van der Waals surface area contributed by atoms with Gasteiger partial charge in [-0.1, -0.05) is 32.9 Å². The van der Waals surface area contributed by atoms with Gasteiger partial charge in [0.2, 0.25) is 0 Å². The average Bonchev–Trinajstić information content (AvgIpc) is 2.26. The first-order chi connectivity index (χ1) is 8.93. The van der Waals surface area contributed by atoms with Gasteiger partial charge in [-0.05, 0) is 43.9 Å². The predicted octanol–water partition coefficient (Wildman–Crippen LogP) is 3.58. The van der Waals surface area contributed by atoms with E-state index in [1.54, 1.807) is 20.8 Å². The SMILES string of the molecule is CC(C)(C)c1ccc(OCCS(=O)(=O)C(C)(C)C)cc1. The molecule has 0 atom stereocenters. The highest BCUT2D eigenvalue weighted by Gasteiger charge is 2.28. The molecule has 0 amide bonds. The van der Waals surface area contributed by atoms with Gasteiger partial charge in [0.05, 0.1) is 10.5 Å². The van der Waals surface area contributed by atoms with E-state index >= 15 is 0 Å². The van der Waals surface area contributed by atoms with Crippen LogP contribution in [0.25, 0.3) is 0 Å². The lowest BCUT2D eigenvalue weighted by Gasteiger charge is -2.20. The van der Waals surface area contributed by atoms with Crippen molar-refractivity contribution in [3.63, 3.8) is 0 Å². The Morgan fingerprint density at radius 2 is 1.45 bits per heavy atom. The second kappa shape index (κ2) is 5.76. The van der Waals surface area contributed by atoms with E-state index in [-0.39, 0.29) is 17.8 Å². The molecule has 0 heterocycles. The molecule has 20 heavy (non-hydrogen) atoms.